The number of benzene rings is 2. The Bertz CT molecular complexity index is 621. The predicted octanol–water partition coefficient (Wildman–Crippen LogP) is 3.68. The van der Waals surface area contributed by atoms with Gasteiger partial charge in [0.2, 0.25) is 0 Å². The number of nitrogens with zero attached hydrogens (tertiary/aromatic N) is 1. The number of carbonyl (C=O) groups is 1. The van der Waals surface area contributed by atoms with Crippen molar-refractivity contribution in [3.8, 4) is 0 Å². The average Bonchev–Trinajstić information content (AvgIpc) is 2.49. The molecular weight excluding hydrogens is 272 g/mol. The highest BCUT2D eigenvalue weighted by atomic mass is 35.5. The lowest BCUT2D eigenvalue weighted by molar-refractivity contribution is 0.0955. The molecule has 0 spiro atoms. The number of carbonyl (C=O) groups excluding carboxylic acids is 1. The summed E-state index contributed by atoms with van der Waals surface area (Å²) >= 11 is 6.01. The van der Waals surface area contributed by atoms with Gasteiger partial charge in [-0.15, -0.1) is 0 Å². The molecule has 1 amide bonds. The molecule has 2 aromatic carbocycles. The molecule has 20 heavy (non-hydrogen) atoms. The first-order valence-corrected chi connectivity index (χ1v) is 6.44. The van der Waals surface area contributed by atoms with Gasteiger partial charge in [0.05, 0.1) is 11.2 Å². The van der Waals surface area contributed by atoms with Gasteiger partial charge in [0.25, 0.3) is 5.91 Å². The summed E-state index contributed by atoms with van der Waals surface area (Å²) in [4.78, 5) is 11.7. The molecule has 0 aliphatic carbocycles. The van der Waals surface area contributed by atoms with Crippen molar-refractivity contribution in [2.24, 2.45) is 5.10 Å². The second kappa shape index (κ2) is 7.26. The van der Waals surface area contributed by atoms with Gasteiger partial charge in [0, 0.05) is 5.56 Å². The van der Waals surface area contributed by atoms with Crippen molar-refractivity contribution in [3.63, 3.8) is 0 Å². The summed E-state index contributed by atoms with van der Waals surface area (Å²) in [5, 5.41) is 4.25. The van der Waals surface area contributed by atoms with Gasteiger partial charge in [-0.05, 0) is 23.8 Å². The van der Waals surface area contributed by atoms with Gasteiger partial charge in [0.1, 0.15) is 0 Å². The number of amides is 1. The van der Waals surface area contributed by atoms with Crippen LogP contribution < -0.4 is 5.43 Å². The fourth-order valence-corrected chi connectivity index (χ4v) is 1.73. The van der Waals surface area contributed by atoms with E-state index in [9.17, 15) is 4.79 Å². The Kier molecular flexibility index (Phi) is 5.09. The lowest BCUT2D eigenvalue weighted by Crippen LogP contribution is -2.17. The Hall–Kier alpha value is -2.39. The molecule has 4 heteroatoms. The minimum Gasteiger partial charge on any atom is -0.267 e. The van der Waals surface area contributed by atoms with Crippen molar-refractivity contribution >= 4 is 29.8 Å². The molecule has 3 nitrogen and oxygen atoms in total. The third-order valence-corrected chi connectivity index (χ3v) is 2.70. The molecular formula is C16H13ClN2O. The van der Waals surface area contributed by atoms with Crippen molar-refractivity contribution < 1.29 is 4.79 Å². The molecule has 0 aliphatic rings. The number of halogens is 1. The summed E-state index contributed by atoms with van der Waals surface area (Å²) in [5.74, 6) is -0.272. The van der Waals surface area contributed by atoms with Crippen LogP contribution in [0.1, 0.15) is 15.9 Å². The Labute approximate surface area is 122 Å². The van der Waals surface area contributed by atoms with Crippen molar-refractivity contribution in [2.45, 2.75) is 0 Å². The molecule has 0 saturated carbocycles. The fourth-order valence-electron chi connectivity index (χ4n) is 1.55. The second-order valence-corrected chi connectivity index (χ2v) is 4.44. The third kappa shape index (κ3) is 4.37. The van der Waals surface area contributed by atoms with Crippen molar-refractivity contribution in [3.05, 3.63) is 76.8 Å². The first-order chi connectivity index (χ1) is 9.75. The Morgan fingerprint density at radius 2 is 1.60 bits per heavy atom. The summed E-state index contributed by atoms with van der Waals surface area (Å²) in [6.45, 7) is 0. The molecule has 0 aliphatic heterocycles. The highest BCUT2D eigenvalue weighted by Crippen LogP contribution is 2.07. The summed E-state index contributed by atoms with van der Waals surface area (Å²) in [6, 6.07) is 18.5. The molecule has 0 unspecified atom stereocenters. The van der Waals surface area contributed by atoms with E-state index < -0.39 is 0 Å². The summed E-state index contributed by atoms with van der Waals surface area (Å²) in [6.07, 6.45) is 3.16. The normalized spacial score (nSPS) is 11.6. The quantitative estimate of drug-likeness (QED) is 0.675. The van der Waals surface area contributed by atoms with E-state index in [2.05, 4.69) is 10.5 Å². The highest BCUT2D eigenvalue weighted by Gasteiger charge is 2.01. The largest absolute Gasteiger partial charge is 0.271 e. The molecule has 2 aromatic rings. The summed E-state index contributed by atoms with van der Waals surface area (Å²) < 4.78 is 0. The molecule has 0 aromatic heterocycles. The Balaban J connectivity index is 1.94. The smallest absolute Gasteiger partial charge is 0.267 e. The Morgan fingerprint density at radius 3 is 2.25 bits per heavy atom. The molecule has 100 valence electrons. The van der Waals surface area contributed by atoms with Crippen LogP contribution in [-0.2, 0) is 0 Å². The van der Waals surface area contributed by atoms with Crippen molar-refractivity contribution in [1.82, 2.24) is 5.43 Å². The molecule has 0 fully saturated rings. The highest BCUT2D eigenvalue weighted by molar-refractivity contribution is 6.41. The van der Waals surface area contributed by atoms with Crippen molar-refractivity contribution in [1.29, 1.82) is 0 Å². The van der Waals surface area contributed by atoms with Crippen LogP contribution in [0.4, 0.5) is 0 Å². The SMILES string of the molecule is O=C(N/N=C\C(Cl)=C\c1ccccc1)c1ccccc1. The second-order valence-electron chi connectivity index (χ2n) is 4.01. The molecule has 1 N–H and O–H groups in total. The first-order valence-electron chi connectivity index (χ1n) is 6.06. The number of hydrogen-bond donors (Lipinski definition) is 1. The molecule has 0 radical (unpaired) electrons. The van der Waals surface area contributed by atoms with E-state index in [0.717, 1.165) is 5.56 Å². The van der Waals surface area contributed by atoms with Gasteiger partial charge < -0.3 is 0 Å². The van der Waals surface area contributed by atoms with Crippen LogP contribution >= 0.6 is 11.6 Å². The molecule has 0 atom stereocenters. The maximum atomic E-state index is 11.7. The summed E-state index contributed by atoms with van der Waals surface area (Å²) in [5.41, 5.74) is 3.94. The third-order valence-electron chi connectivity index (χ3n) is 2.49. The lowest BCUT2D eigenvalue weighted by Gasteiger charge is -1.98. The van der Waals surface area contributed by atoms with Gasteiger partial charge in [-0.3, -0.25) is 4.79 Å². The van der Waals surface area contributed by atoms with E-state index in [1.54, 1.807) is 30.3 Å². The number of hydrazone groups is 1. The molecule has 2 rings (SSSR count). The zero-order valence-corrected chi connectivity index (χ0v) is 11.4. The first kappa shape index (κ1) is 14.0. The van der Waals surface area contributed by atoms with Crippen LogP contribution in [0, 0.1) is 0 Å². The number of allylic oxidation sites excluding steroid dienone is 1. The monoisotopic (exact) mass is 284 g/mol. The maximum Gasteiger partial charge on any atom is 0.271 e. The van der Waals surface area contributed by atoms with Gasteiger partial charge in [-0.25, -0.2) is 5.43 Å². The van der Waals surface area contributed by atoms with E-state index >= 15 is 0 Å². The predicted molar refractivity (Wildman–Crippen MR) is 82.7 cm³/mol. The number of hydrogen-bond acceptors (Lipinski definition) is 2. The van der Waals surface area contributed by atoms with Gasteiger partial charge in [-0.2, -0.15) is 5.10 Å². The minimum absolute atomic E-state index is 0.272. The van der Waals surface area contributed by atoms with Crippen LogP contribution in [0.2, 0.25) is 0 Å². The van der Waals surface area contributed by atoms with Crippen LogP contribution in [0.25, 0.3) is 6.08 Å². The number of rotatable bonds is 4. The van der Waals surface area contributed by atoms with Crippen LogP contribution in [-0.4, -0.2) is 12.1 Å². The Morgan fingerprint density at radius 1 is 1.00 bits per heavy atom. The van der Waals surface area contributed by atoms with E-state index in [4.69, 9.17) is 11.6 Å². The van der Waals surface area contributed by atoms with E-state index in [0.29, 0.717) is 10.6 Å². The zero-order valence-electron chi connectivity index (χ0n) is 10.7. The zero-order chi connectivity index (χ0) is 14.2. The summed E-state index contributed by atoms with van der Waals surface area (Å²) in [7, 11) is 0. The lowest BCUT2D eigenvalue weighted by atomic mass is 10.2. The topological polar surface area (TPSA) is 41.5 Å². The van der Waals surface area contributed by atoms with Crippen LogP contribution in [0.3, 0.4) is 0 Å². The van der Waals surface area contributed by atoms with E-state index in [1.807, 2.05) is 36.4 Å². The maximum absolute atomic E-state index is 11.7. The average molecular weight is 285 g/mol. The molecule has 0 bridgehead atoms. The van der Waals surface area contributed by atoms with Crippen LogP contribution in [0.15, 0.2) is 70.8 Å². The van der Waals surface area contributed by atoms with Gasteiger partial charge >= 0.3 is 0 Å². The van der Waals surface area contributed by atoms with E-state index in [1.165, 1.54) is 6.21 Å². The molecule has 0 heterocycles. The standard InChI is InChI=1S/C16H13ClN2O/c17-15(11-13-7-3-1-4-8-13)12-18-19-16(20)14-9-5-2-6-10-14/h1-12H,(H,19,20)/b15-11-,18-12-. The van der Waals surface area contributed by atoms with Gasteiger partial charge in [0.15, 0.2) is 0 Å². The van der Waals surface area contributed by atoms with Gasteiger partial charge in [-0.1, -0.05) is 60.1 Å². The number of nitrogens with one attached hydrogen (secondary N) is 1. The molecule has 0 saturated heterocycles. The van der Waals surface area contributed by atoms with Crippen LogP contribution in [0.5, 0.6) is 0 Å². The van der Waals surface area contributed by atoms with E-state index in [-0.39, 0.29) is 5.91 Å². The minimum atomic E-state index is -0.272. The van der Waals surface area contributed by atoms with Crippen molar-refractivity contribution in [2.75, 3.05) is 0 Å². The fraction of sp³-hybridized carbons (Fsp3) is 0.